The van der Waals surface area contributed by atoms with Gasteiger partial charge in [-0.3, -0.25) is 4.79 Å². The fraction of sp³-hybridized carbons (Fsp3) is 0.409. The van der Waals surface area contributed by atoms with Crippen LogP contribution in [0, 0.1) is 0 Å². The maximum atomic E-state index is 13.2. The zero-order valence-electron chi connectivity index (χ0n) is 16.4. The highest BCUT2D eigenvalue weighted by atomic mass is 19.4. The van der Waals surface area contributed by atoms with Crippen molar-refractivity contribution in [1.82, 2.24) is 0 Å². The van der Waals surface area contributed by atoms with Gasteiger partial charge in [0.2, 0.25) is 0 Å². The van der Waals surface area contributed by atoms with Crippen LogP contribution in [0.1, 0.15) is 48.5 Å². The van der Waals surface area contributed by atoms with Crippen LogP contribution in [-0.4, -0.2) is 25.6 Å². The van der Waals surface area contributed by atoms with Gasteiger partial charge in [0.25, 0.3) is 5.91 Å². The fourth-order valence-electron chi connectivity index (χ4n) is 3.28. The molecule has 0 atom stereocenters. The van der Waals surface area contributed by atoms with E-state index in [2.05, 4.69) is 12.2 Å². The smallest absolute Gasteiger partial charge is 0.416 e. The van der Waals surface area contributed by atoms with Gasteiger partial charge in [-0.1, -0.05) is 13.3 Å². The second-order valence-electron chi connectivity index (χ2n) is 7.10. The Morgan fingerprint density at radius 3 is 2.41 bits per heavy atom. The monoisotopic (exact) mass is 406 g/mol. The number of unbranched alkanes of at least 4 members (excludes halogenated alkanes) is 1. The van der Waals surface area contributed by atoms with Crippen molar-refractivity contribution in [1.29, 1.82) is 0 Å². The molecule has 0 saturated carbocycles. The molecule has 1 aliphatic rings. The summed E-state index contributed by atoms with van der Waals surface area (Å²) >= 11 is 0. The largest absolute Gasteiger partial charge is 0.494 e. The van der Waals surface area contributed by atoms with Gasteiger partial charge in [-0.2, -0.15) is 13.2 Å². The zero-order valence-corrected chi connectivity index (χ0v) is 16.4. The molecule has 29 heavy (non-hydrogen) atoms. The molecular weight excluding hydrogens is 381 g/mol. The molecule has 0 bridgehead atoms. The maximum Gasteiger partial charge on any atom is 0.416 e. The molecule has 0 unspecified atom stereocenters. The molecule has 3 rings (SSSR count). The van der Waals surface area contributed by atoms with Crippen LogP contribution in [0.3, 0.4) is 0 Å². The van der Waals surface area contributed by atoms with E-state index in [1.807, 2.05) is 4.90 Å². The number of hydrogen-bond acceptors (Lipinski definition) is 3. The lowest BCUT2D eigenvalue weighted by Gasteiger charge is -2.23. The predicted octanol–water partition coefficient (Wildman–Crippen LogP) is 5.74. The third-order valence-electron chi connectivity index (χ3n) is 4.90. The van der Waals surface area contributed by atoms with E-state index in [0.717, 1.165) is 50.9 Å². The molecule has 1 saturated heterocycles. The van der Waals surface area contributed by atoms with Crippen LogP contribution >= 0.6 is 0 Å². The Morgan fingerprint density at radius 2 is 1.79 bits per heavy atom. The Bertz CT molecular complexity index is 829. The van der Waals surface area contributed by atoms with E-state index in [4.69, 9.17) is 4.74 Å². The van der Waals surface area contributed by atoms with Gasteiger partial charge in [0, 0.05) is 18.7 Å². The van der Waals surface area contributed by atoms with Crippen molar-refractivity contribution < 1.29 is 22.7 Å². The van der Waals surface area contributed by atoms with E-state index >= 15 is 0 Å². The van der Waals surface area contributed by atoms with Gasteiger partial charge in [-0.25, -0.2) is 0 Å². The van der Waals surface area contributed by atoms with Crippen LogP contribution in [0.25, 0.3) is 0 Å². The van der Waals surface area contributed by atoms with Crippen molar-refractivity contribution in [2.24, 2.45) is 0 Å². The molecule has 2 aromatic carbocycles. The summed E-state index contributed by atoms with van der Waals surface area (Å²) in [7, 11) is 0. The molecule has 0 radical (unpaired) electrons. The number of carbonyl (C=O) groups is 1. The number of carbonyl (C=O) groups excluding carboxylic acids is 1. The molecule has 4 nitrogen and oxygen atoms in total. The molecule has 1 N–H and O–H groups in total. The highest BCUT2D eigenvalue weighted by Gasteiger charge is 2.32. The van der Waals surface area contributed by atoms with E-state index in [0.29, 0.717) is 23.6 Å². The molecule has 2 aromatic rings. The first kappa shape index (κ1) is 21.0. The van der Waals surface area contributed by atoms with E-state index < -0.39 is 17.6 Å². The average molecular weight is 406 g/mol. The highest BCUT2D eigenvalue weighted by Crippen LogP contribution is 2.36. The molecule has 0 aromatic heterocycles. The number of amides is 1. The van der Waals surface area contributed by atoms with Gasteiger partial charge in [-0.15, -0.1) is 0 Å². The van der Waals surface area contributed by atoms with Crippen LogP contribution < -0.4 is 15.0 Å². The number of nitrogens with zero attached hydrogens (tertiary/aromatic N) is 1. The van der Waals surface area contributed by atoms with Crippen LogP contribution in [0.4, 0.5) is 24.5 Å². The van der Waals surface area contributed by atoms with Crippen molar-refractivity contribution >= 4 is 17.3 Å². The lowest BCUT2D eigenvalue weighted by molar-refractivity contribution is -0.137. The van der Waals surface area contributed by atoms with E-state index in [1.54, 1.807) is 24.3 Å². The van der Waals surface area contributed by atoms with Gasteiger partial charge in [0.05, 0.1) is 23.5 Å². The minimum atomic E-state index is -4.47. The number of alkyl halides is 3. The number of nitrogens with one attached hydrogen (secondary N) is 1. The minimum Gasteiger partial charge on any atom is -0.494 e. The molecule has 7 heteroatoms. The topological polar surface area (TPSA) is 41.6 Å². The summed E-state index contributed by atoms with van der Waals surface area (Å²) in [6.45, 7) is 4.20. The first-order valence-corrected chi connectivity index (χ1v) is 9.89. The zero-order chi connectivity index (χ0) is 20.9. The Hall–Kier alpha value is -2.70. The van der Waals surface area contributed by atoms with Gasteiger partial charge in [0.1, 0.15) is 5.75 Å². The normalized spacial score (nSPS) is 14.1. The summed E-state index contributed by atoms with van der Waals surface area (Å²) in [4.78, 5) is 14.7. The van der Waals surface area contributed by atoms with Gasteiger partial charge in [-0.05, 0) is 61.7 Å². The van der Waals surface area contributed by atoms with Crippen molar-refractivity contribution in [3.05, 3.63) is 53.6 Å². The number of ether oxygens (including phenoxy) is 1. The van der Waals surface area contributed by atoms with Crippen molar-refractivity contribution in [3.8, 4) is 5.75 Å². The summed E-state index contributed by atoms with van der Waals surface area (Å²) in [6, 6.07) is 10.1. The van der Waals surface area contributed by atoms with Gasteiger partial charge in [0.15, 0.2) is 0 Å². The highest BCUT2D eigenvalue weighted by molar-refractivity contribution is 6.06. The van der Waals surface area contributed by atoms with Crippen molar-refractivity contribution in [2.45, 2.75) is 38.8 Å². The first-order chi connectivity index (χ1) is 13.9. The summed E-state index contributed by atoms with van der Waals surface area (Å²) < 4.78 is 45.1. The standard InChI is InChI=1S/C22H25F3N2O2/c1-2-3-14-29-18-9-6-16(7-10-18)21(28)26-19-15-17(22(23,24)25)8-11-20(19)27-12-4-5-13-27/h6-11,15H,2-5,12-14H2,1H3,(H,26,28). The number of halogens is 3. The van der Waals surface area contributed by atoms with E-state index in [9.17, 15) is 18.0 Å². The molecule has 0 spiro atoms. The minimum absolute atomic E-state index is 0.176. The second kappa shape index (κ2) is 9.20. The maximum absolute atomic E-state index is 13.2. The van der Waals surface area contributed by atoms with E-state index in [1.165, 1.54) is 6.07 Å². The quantitative estimate of drug-likeness (QED) is 0.597. The van der Waals surface area contributed by atoms with Crippen LogP contribution in [0.5, 0.6) is 5.75 Å². The average Bonchev–Trinajstić information content (AvgIpc) is 3.22. The third-order valence-corrected chi connectivity index (χ3v) is 4.90. The SMILES string of the molecule is CCCCOc1ccc(C(=O)Nc2cc(C(F)(F)F)ccc2N2CCCC2)cc1. The summed E-state index contributed by atoms with van der Waals surface area (Å²) in [6.07, 6.45) is -0.545. The molecular formula is C22H25F3N2O2. The van der Waals surface area contributed by atoms with E-state index in [-0.39, 0.29) is 5.69 Å². The molecule has 1 amide bonds. The third kappa shape index (κ3) is 5.43. The lowest BCUT2D eigenvalue weighted by Crippen LogP contribution is -2.22. The Kier molecular flexibility index (Phi) is 6.67. The summed E-state index contributed by atoms with van der Waals surface area (Å²) in [5, 5.41) is 2.67. The first-order valence-electron chi connectivity index (χ1n) is 9.89. The van der Waals surface area contributed by atoms with Crippen LogP contribution in [-0.2, 0) is 6.18 Å². The predicted molar refractivity (Wildman–Crippen MR) is 108 cm³/mol. The lowest BCUT2D eigenvalue weighted by atomic mass is 10.1. The molecule has 1 aliphatic heterocycles. The fourth-order valence-corrected chi connectivity index (χ4v) is 3.28. The Balaban J connectivity index is 1.79. The number of rotatable bonds is 7. The number of hydrogen-bond donors (Lipinski definition) is 1. The van der Waals surface area contributed by atoms with Gasteiger partial charge < -0.3 is 15.0 Å². The molecule has 1 heterocycles. The Morgan fingerprint density at radius 1 is 1.10 bits per heavy atom. The van der Waals surface area contributed by atoms with Crippen molar-refractivity contribution in [2.75, 3.05) is 29.9 Å². The molecule has 1 fully saturated rings. The summed E-state index contributed by atoms with van der Waals surface area (Å²) in [5.41, 5.74) is 0.367. The molecule has 0 aliphatic carbocycles. The second-order valence-corrected chi connectivity index (χ2v) is 7.10. The van der Waals surface area contributed by atoms with Crippen LogP contribution in [0.15, 0.2) is 42.5 Å². The Labute approximate surface area is 168 Å². The van der Waals surface area contributed by atoms with Crippen molar-refractivity contribution in [3.63, 3.8) is 0 Å². The summed E-state index contributed by atoms with van der Waals surface area (Å²) in [5.74, 6) is 0.205. The number of anilines is 2. The van der Waals surface area contributed by atoms with Crippen LogP contribution in [0.2, 0.25) is 0 Å². The van der Waals surface area contributed by atoms with Gasteiger partial charge >= 0.3 is 6.18 Å². The molecule has 156 valence electrons. The number of benzene rings is 2.